The molecule has 0 spiro atoms. The first-order valence-corrected chi connectivity index (χ1v) is 16.7. The molecule has 0 bridgehead atoms. The maximum Gasteiger partial charge on any atom is 0.164 e. The topological polar surface area (TPSA) is 56.7 Å². The molecule has 5 nitrogen and oxygen atoms in total. The van der Waals surface area contributed by atoms with Crippen molar-refractivity contribution in [2.24, 2.45) is 0 Å². The first-order chi connectivity index (χ1) is 24.8. The third-order valence-corrected chi connectivity index (χ3v) is 9.46. The van der Waals surface area contributed by atoms with Gasteiger partial charge in [-0.05, 0) is 47.5 Å². The summed E-state index contributed by atoms with van der Waals surface area (Å²) in [6, 6.07) is 58.5. The monoisotopic (exact) mass is 640 g/mol. The maximum absolute atomic E-state index is 6.72. The lowest BCUT2D eigenvalue weighted by Gasteiger charge is -2.10. The van der Waals surface area contributed by atoms with Gasteiger partial charge in [0.15, 0.2) is 23.1 Å². The van der Waals surface area contributed by atoms with E-state index in [1.54, 1.807) is 0 Å². The Hall–Kier alpha value is -6.85. The van der Waals surface area contributed by atoms with Crippen LogP contribution in [0.4, 0.5) is 0 Å². The van der Waals surface area contributed by atoms with E-state index in [2.05, 4.69) is 108 Å². The van der Waals surface area contributed by atoms with Crippen LogP contribution in [0, 0.1) is 0 Å². The zero-order valence-electron chi connectivity index (χ0n) is 26.9. The van der Waals surface area contributed by atoms with Crippen LogP contribution < -0.4 is 0 Å². The first kappa shape index (κ1) is 28.2. The van der Waals surface area contributed by atoms with Crippen molar-refractivity contribution in [3.63, 3.8) is 0 Å². The summed E-state index contributed by atoms with van der Waals surface area (Å²) in [6.07, 6.45) is 0. The van der Waals surface area contributed by atoms with Crippen molar-refractivity contribution in [2.75, 3.05) is 0 Å². The molecule has 5 heteroatoms. The van der Waals surface area contributed by atoms with Crippen LogP contribution in [0.2, 0.25) is 0 Å². The standard InChI is InChI=1S/C45H28N4O/c1-4-14-29(15-5-1)33-21-13-25-40-41(33)35-22-12-24-39(42(35)50-40)49-37-23-11-10-20-34(37)36-28-32(26-27-38(36)49)45-47-43(30-16-6-2-7-17-30)46-44(48-45)31-18-8-3-9-19-31/h1-28H. The van der Waals surface area contributed by atoms with Crippen LogP contribution in [0.15, 0.2) is 174 Å². The third-order valence-electron chi connectivity index (χ3n) is 9.46. The fourth-order valence-corrected chi connectivity index (χ4v) is 7.18. The zero-order valence-corrected chi connectivity index (χ0v) is 26.9. The van der Waals surface area contributed by atoms with Gasteiger partial charge in [0.25, 0.3) is 0 Å². The molecule has 50 heavy (non-hydrogen) atoms. The fourth-order valence-electron chi connectivity index (χ4n) is 7.18. The Bertz CT molecular complexity index is 2800. The summed E-state index contributed by atoms with van der Waals surface area (Å²) in [5.41, 5.74) is 10.0. The van der Waals surface area contributed by atoms with E-state index in [-0.39, 0.29) is 0 Å². The number of fused-ring (bicyclic) bond motifs is 6. The SMILES string of the molecule is c1ccc(-c2nc(-c3ccccc3)nc(-c3ccc4c(c3)c3ccccc3n4-c3cccc4c3oc3cccc(-c5ccccc5)c34)n2)cc1. The largest absolute Gasteiger partial charge is 0.454 e. The van der Waals surface area contributed by atoms with E-state index in [1.807, 2.05) is 66.7 Å². The Morgan fingerprint density at radius 3 is 1.66 bits per heavy atom. The molecule has 7 aromatic carbocycles. The molecule has 234 valence electrons. The lowest BCUT2D eigenvalue weighted by atomic mass is 9.99. The van der Waals surface area contributed by atoms with Crippen LogP contribution in [0.5, 0.6) is 0 Å². The molecule has 0 radical (unpaired) electrons. The fraction of sp³-hybridized carbons (Fsp3) is 0. The Morgan fingerprint density at radius 1 is 0.400 bits per heavy atom. The van der Waals surface area contributed by atoms with Crippen LogP contribution >= 0.6 is 0 Å². The first-order valence-electron chi connectivity index (χ1n) is 16.7. The maximum atomic E-state index is 6.72. The van der Waals surface area contributed by atoms with Crippen LogP contribution in [-0.2, 0) is 0 Å². The van der Waals surface area contributed by atoms with Crippen molar-refractivity contribution in [1.82, 2.24) is 19.5 Å². The zero-order chi connectivity index (χ0) is 33.0. The second kappa shape index (κ2) is 11.4. The molecule has 3 aromatic heterocycles. The molecule has 0 fully saturated rings. The summed E-state index contributed by atoms with van der Waals surface area (Å²) in [5.74, 6) is 1.91. The number of furan rings is 1. The summed E-state index contributed by atoms with van der Waals surface area (Å²) >= 11 is 0. The lowest BCUT2D eigenvalue weighted by molar-refractivity contribution is 0.666. The van der Waals surface area contributed by atoms with E-state index in [0.29, 0.717) is 17.5 Å². The number of hydrogen-bond acceptors (Lipinski definition) is 4. The summed E-state index contributed by atoms with van der Waals surface area (Å²) in [5, 5.41) is 4.46. The molecule has 10 rings (SSSR count). The van der Waals surface area contributed by atoms with E-state index in [0.717, 1.165) is 71.7 Å². The van der Waals surface area contributed by atoms with Gasteiger partial charge in [0.2, 0.25) is 0 Å². The van der Waals surface area contributed by atoms with E-state index in [1.165, 1.54) is 5.56 Å². The average Bonchev–Trinajstić information content (AvgIpc) is 3.74. The van der Waals surface area contributed by atoms with Gasteiger partial charge < -0.3 is 8.98 Å². The van der Waals surface area contributed by atoms with Gasteiger partial charge in [-0.1, -0.05) is 133 Å². The average molecular weight is 641 g/mol. The predicted molar refractivity (Wildman–Crippen MR) is 203 cm³/mol. The molecular weight excluding hydrogens is 613 g/mol. The van der Waals surface area contributed by atoms with Crippen molar-refractivity contribution in [3.05, 3.63) is 170 Å². The molecular formula is C45H28N4O. The van der Waals surface area contributed by atoms with Gasteiger partial charge in [-0.2, -0.15) is 0 Å². The molecule has 0 atom stereocenters. The van der Waals surface area contributed by atoms with E-state index < -0.39 is 0 Å². The minimum absolute atomic E-state index is 0.629. The molecule has 0 unspecified atom stereocenters. The number of hydrogen-bond donors (Lipinski definition) is 0. The van der Waals surface area contributed by atoms with Crippen LogP contribution in [0.25, 0.3) is 94.7 Å². The highest BCUT2D eigenvalue weighted by atomic mass is 16.3. The molecule has 10 aromatic rings. The minimum Gasteiger partial charge on any atom is -0.454 e. The highest BCUT2D eigenvalue weighted by Crippen LogP contribution is 2.41. The lowest BCUT2D eigenvalue weighted by Crippen LogP contribution is -2.00. The van der Waals surface area contributed by atoms with Gasteiger partial charge in [-0.3, -0.25) is 0 Å². The van der Waals surface area contributed by atoms with Gasteiger partial charge in [0, 0.05) is 38.2 Å². The molecule has 3 heterocycles. The summed E-state index contributed by atoms with van der Waals surface area (Å²) < 4.78 is 9.04. The van der Waals surface area contributed by atoms with Gasteiger partial charge in [-0.15, -0.1) is 0 Å². The summed E-state index contributed by atoms with van der Waals surface area (Å²) in [7, 11) is 0. The van der Waals surface area contributed by atoms with Crippen molar-refractivity contribution in [1.29, 1.82) is 0 Å². The van der Waals surface area contributed by atoms with E-state index in [4.69, 9.17) is 19.4 Å². The third kappa shape index (κ3) is 4.52. The summed E-state index contributed by atoms with van der Waals surface area (Å²) in [4.78, 5) is 14.9. The van der Waals surface area contributed by atoms with E-state index in [9.17, 15) is 0 Å². The highest BCUT2D eigenvalue weighted by Gasteiger charge is 2.20. The normalized spacial score (nSPS) is 11.6. The Balaban J connectivity index is 1.19. The molecule has 0 aliphatic carbocycles. The number of nitrogens with zero attached hydrogens (tertiary/aromatic N) is 4. The van der Waals surface area contributed by atoms with Crippen LogP contribution in [0.3, 0.4) is 0 Å². The molecule has 0 saturated carbocycles. The van der Waals surface area contributed by atoms with Crippen LogP contribution in [-0.4, -0.2) is 19.5 Å². The number of para-hydroxylation sites is 2. The Labute approximate surface area is 287 Å². The predicted octanol–water partition coefficient (Wildman–Crippen LogP) is 11.5. The van der Waals surface area contributed by atoms with Gasteiger partial charge in [0.05, 0.1) is 16.7 Å². The number of aromatic nitrogens is 4. The number of rotatable bonds is 5. The van der Waals surface area contributed by atoms with Crippen molar-refractivity contribution >= 4 is 43.7 Å². The molecule has 0 N–H and O–H groups in total. The summed E-state index contributed by atoms with van der Waals surface area (Å²) in [6.45, 7) is 0. The number of benzene rings is 7. The quantitative estimate of drug-likeness (QED) is 0.188. The molecule has 0 aliphatic rings. The molecule has 0 aliphatic heterocycles. The van der Waals surface area contributed by atoms with Gasteiger partial charge in [0.1, 0.15) is 5.58 Å². The Kier molecular flexibility index (Phi) is 6.42. The van der Waals surface area contributed by atoms with Crippen LogP contribution in [0.1, 0.15) is 0 Å². The second-order valence-corrected chi connectivity index (χ2v) is 12.4. The van der Waals surface area contributed by atoms with E-state index >= 15 is 0 Å². The van der Waals surface area contributed by atoms with Gasteiger partial charge >= 0.3 is 0 Å². The molecule has 0 amide bonds. The van der Waals surface area contributed by atoms with Crippen molar-refractivity contribution in [2.45, 2.75) is 0 Å². The Morgan fingerprint density at radius 2 is 0.960 bits per heavy atom. The minimum atomic E-state index is 0.629. The smallest absolute Gasteiger partial charge is 0.164 e. The van der Waals surface area contributed by atoms with Crippen molar-refractivity contribution < 1.29 is 4.42 Å². The second-order valence-electron chi connectivity index (χ2n) is 12.4. The van der Waals surface area contributed by atoms with Crippen molar-refractivity contribution in [3.8, 4) is 51.0 Å². The highest BCUT2D eigenvalue weighted by molar-refractivity contribution is 6.16. The molecule has 0 saturated heterocycles. The van der Waals surface area contributed by atoms with Gasteiger partial charge in [-0.25, -0.2) is 15.0 Å².